The molecule has 0 spiro atoms. The number of benzene rings is 1. The lowest BCUT2D eigenvalue weighted by molar-refractivity contribution is 0.471. The van der Waals surface area contributed by atoms with Gasteiger partial charge in [-0.2, -0.15) is 4.98 Å². The molecule has 0 saturated carbocycles. The molecule has 0 bridgehead atoms. The van der Waals surface area contributed by atoms with Crippen molar-refractivity contribution in [2.75, 3.05) is 5.32 Å². The van der Waals surface area contributed by atoms with Crippen LogP contribution in [0.4, 0.5) is 15.9 Å². The van der Waals surface area contributed by atoms with Gasteiger partial charge in [0.1, 0.15) is 5.75 Å². The van der Waals surface area contributed by atoms with E-state index in [1.165, 1.54) is 6.07 Å². The summed E-state index contributed by atoms with van der Waals surface area (Å²) in [7, 11) is 0. The standard InChI is InChI=1S/C11H8Cl2FN3O/c1-5-2-6(3-7(12)9(5)18)16-10-8(14)4-15-11(13)17-10/h2-4,18H,1H3,(H,15,16,17). The average molecular weight is 288 g/mol. The summed E-state index contributed by atoms with van der Waals surface area (Å²) < 4.78 is 13.4. The second-order valence-electron chi connectivity index (χ2n) is 3.58. The molecule has 2 aromatic rings. The Morgan fingerprint density at radius 1 is 1.33 bits per heavy atom. The third-order valence-electron chi connectivity index (χ3n) is 2.23. The number of aromatic hydroxyl groups is 1. The summed E-state index contributed by atoms with van der Waals surface area (Å²) in [5.41, 5.74) is 1.05. The first kappa shape index (κ1) is 12.9. The van der Waals surface area contributed by atoms with Crippen molar-refractivity contribution < 1.29 is 9.50 Å². The van der Waals surface area contributed by atoms with Gasteiger partial charge in [-0.05, 0) is 36.2 Å². The molecule has 0 amide bonds. The predicted octanol–water partition coefficient (Wildman–Crippen LogP) is 3.68. The van der Waals surface area contributed by atoms with Crippen LogP contribution in [0.15, 0.2) is 18.3 Å². The molecule has 1 heterocycles. The highest BCUT2D eigenvalue weighted by Gasteiger charge is 2.09. The van der Waals surface area contributed by atoms with Crippen molar-refractivity contribution in [1.29, 1.82) is 0 Å². The second kappa shape index (κ2) is 4.96. The number of halogens is 3. The highest BCUT2D eigenvalue weighted by Crippen LogP contribution is 2.31. The van der Waals surface area contributed by atoms with Crippen LogP contribution in [0.25, 0.3) is 0 Å². The lowest BCUT2D eigenvalue weighted by Crippen LogP contribution is -1.99. The highest BCUT2D eigenvalue weighted by atomic mass is 35.5. The molecule has 7 heteroatoms. The smallest absolute Gasteiger partial charge is 0.224 e. The molecule has 0 saturated heterocycles. The van der Waals surface area contributed by atoms with Crippen LogP contribution in [0, 0.1) is 12.7 Å². The zero-order valence-corrected chi connectivity index (χ0v) is 10.7. The molecular formula is C11H8Cl2FN3O. The molecule has 18 heavy (non-hydrogen) atoms. The molecule has 4 nitrogen and oxygen atoms in total. The quantitative estimate of drug-likeness (QED) is 0.653. The summed E-state index contributed by atoms with van der Waals surface area (Å²) in [6.07, 6.45) is 0.965. The molecule has 0 aliphatic carbocycles. The molecule has 0 radical (unpaired) electrons. The monoisotopic (exact) mass is 287 g/mol. The minimum atomic E-state index is -0.638. The largest absolute Gasteiger partial charge is 0.506 e. The Hall–Kier alpha value is -1.59. The van der Waals surface area contributed by atoms with E-state index in [0.717, 1.165) is 6.20 Å². The summed E-state index contributed by atoms with van der Waals surface area (Å²) in [5.74, 6) is -0.708. The van der Waals surface area contributed by atoms with Crippen molar-refractivity contribution in [2.24, 2.45) is 0 Å². The van der Waals surface area contributed by atoms with E-state index in [1.54, 1.807) is 13.0 Å². The Morgan fingerprint density at radius 2 is 2.06 bits per heavy atom. The lowest BCUT2D eigenvalue weighted by Gasteiger charge is -2.09. The van der Waals surface area contributed by atoms with Gasteiger partial charge in [-0.25, -0.2) is 9.37 Å². The predicted molar refractivity (Wildman–Crippen MR) is 68.1 cm³/mol. The molecule has 0 aliphatic rings. The number of aromatic nitrogens is 2. The second-order valence-corrected chi connectivity index (χ2v) is 4.33. The Balaban J connectivity index is 2.37. The van der Waals surface area contributed by atoms with Gasteiger partial charge in [0.05, 0.1) is 11.2 Å². The van der Waals surface area contributed by atoms with E-state index < -0.39 is 5.82 Å². The normalized spacial score (nSPS) is 10.4. The number of rotatable bonds is 2. The van der Waals surface area contributed by atoms with E-state index in [2.05, 4.69) is 15.3 Å². The van der Waals surface area contributed by atoms with Crippen molar-refractivity contribution in [2.45, 2.75) is 6.92 Å². The van der Waals surface area contributed by atoms with Crippen molar-refractivity contribution >= 4 is 34.7 Å². The molecule has 0 unspecified atom stereocenters. The number of phenolic OH excluding ortho intramolecular Hbond substituents is 1. The summed E-state index contributed by atoms with van der Waals surface area (Å²) in [6, 6.07) is 3.07. The van der Waals surface area contributed by atoms with Crippen LogP contribution in [0.2, 0.25) is 10.3 Å². The first-order chi connectivity index (χ1) is 8.47. The highest BCUT2D eigenvalue weighted by molar-refractivity contribution is 6.32. The van der Waals surface area contributed by atoms with Gasteiger partial charge < -0.3 is 10.4 Å². The Labute approximate surface area is 112 Å². The maximum atomic E-state index is 13.4. The molecular weight excluding hydrogens is 280 g/mol. The first-order valence-electron chi connectivity index (χ1n) is 4.91. The van der Waals surface area contributed by atoms with E-state index in [-0.39, 0.29) is 21.9 Å². The summed E-state index contributed by atoms with van der Waals surface area (Å²) in [5, 5.41) is 12.3. The summed E-state index contributed by atoms with van der Waals surface area (Å²) >= 11 is 11.4. The van der Waals surface area contributed by atoms with Crippen LogP contribution in [0.3, 0.4) is 0 Å². The van der Waals surface area contributed by atoms with Gasteiger partial charge >= 0.3 is 0 Å². The third-order valence-corrected chi connectivity index (χ3v) is 2.70. The fourth-order valence-electron chi connectivity index (χ4n) is 1.38. The van der Waals surface area contributed by atoms with E-state index in [9.17, 15) is 9.50 Å². The topological polar surface area (TPSA) is 58.0 Å². The number of phenols is 1. The van der Waals surface area contributed by atoms with Crippen LogP contribution >= 0.6 is 23.2 Å². The molecule has 1 aromatic carbocycles. The zero-order valence-electron chi connectivity index (χ0n) is 9.21. The fourth-order valence-corrected chi connectivity index (χ4v) is 1.78. The maximum absolute atomic E-state index is 13.4. The molecule has 1 aromatic heterocycles. The fraction of sp³-hybridized carbons (Fsp3) is 0.0909. The van der Waals surface area contributed by atoms with Crippen molar-refractivity contribution in [3.63, 3.8) is 0 Å². The van der Waals surface area contributed by atoms with E-state index in [0.29, 0.717) is 11.3 Å². The number of aryl methyl sites for hydroxylation is 1. The minimum Gasteiger partial charge on any atom is -0.506 e. The SMILES string of the molecule is Cc1cc(Nc2nc(Cl)ncc2F)cc(Cl)c1O. The molecule has 0 fully saturated rings. The van der Waals surface area contributed by atoms with Crippen molar-refractivity contribution in [3.05, 3.63) is 40.0 Å². The molecule has 2 N–H and O–H groups in total. The third kappa shape index (κ3) is 2.63. The first-order valence-corrected chi connectivity index (χ1v) is 5.67. The van der Waals surface area contributed by atoms with Gasteiger partial charge in [0, 0.05) is 5.69 Å². The van der Waals surface area contributed by atoms with Crippen LogP contribution in [-0.2, 0) is 0 Å². The Bertz CT molecular complexity index is 584. The average Bonchev–Trinajstić information content (AvgIpc) is 2.31. The number of anilines is 2. The molecule has 2 rings (SSSR count). The van der Waals surface area contributed by atoms with Gasteiger partial charge in [0.15, 0.2) is 11.6 Å². The summed E-state index contributed by atoms with van der Waals surface area (Å²) in [6.45, 7) is 1.68. The Kier molecular flexibility index (Phi) is 3.54. The van der Waals surface area contributed by atoms with Crippen LogP contribution in [0.5, 0.6) is 5.75 Å². The van der Waals surface area contributed by atoms with Gasteiger partial charge in [-0.15, -0.1) is 0 Å². The molecule has 0 aliphatic heterocycles. The number of nitrogens with zero attached hydrogens (tertiary/aromatic N) is 2. The molecule has 94 valence electrons. The Morgan fingerprint density at radius 3 is 2.72 bits per heavy atom. The van der Waals surface area contributed by atoms with Crippen molar-refractivity contribution in [1.82, 2.24) is 9.97 Å². The number of nitrogens with one attached hydrogen (secondary N) is 1. The molecule has 0 atom stereocenters. The zero-order chi connectivity index (χ0) is 13.3. The van der Waals surface area contributed by atoms with Crippen molar-refractivity contribution in [3.8, 4) is 5.75 Å². The van der Waals surface area contributed by atoms with E-state index in [1.807, 2.05) is 0 Å². The van der Waals surface area contributed by atoms with Crippen LogP contribution in [0.1, 0.15) is 5.56 Å². The van der Waals surface area contributed by atoms with E-state index in [4.69, 9.17) is 23.2 Å². The van der Waals surface area contributed by atoms with E-state index >= 15 is 0 Å². The van der Waals surface area contributed by atoms with Gasteiger partial charge in [0.2, 0.25) is 5.28 Å². The number of hydrogen-bond donors (Lipinski definition) is 2. The van der Waals surface area contributed by atoms with Gasteiger partial charge in [-0.1, -0.05) is 11.6 Å². The summed E-state index contributed by atoms with van der Waals surface area (Å²) in [4.78, 5) is 7.22. The van der Waals surface area contributed by atoms with Crippen LogP contribution < -0.4 is 5.32 Å². The van der Waals surface area contributed by atoms with Gasteiger partial charge in [0.25, 0.3) is 0 Å². The minimum absolute atomic E-state index is 0.0107. The van der Waals surface area contributed by atoms with Crippen LogP contribution in [-0.4, -0.2) is 15.1 Å². The lowest BCUT2D eigenvalue weighted by atomic mass is 10.2. The van der Waals surface area contributed by atoms with Gasteiger partial charge in [-0.3, -0.25) is 0 Å². The maximum Gasteiger partial charge on any atom is 0.224 e. The number of hydrogen-bond acceptors (Lipinski definition) is 4.